The molecule has 7 nitrogen and oxygen atoms in total. The zero-order valence-electron chi connectivity index (χ0n) is 17.7. The molecule has 1 fully saturated rings. The monoisotopic (exact) mass is 472 g/mol. The number of rotatable bonds is 6. The molecule has 0 atom stereocenters. The number of para-hydroxylation sites is 1. The first-order valence-corrected chi connectivity index (χ1v) is 12.3. The second-order valence-corrected chi connectivity index (χ2v) is 10.4. The number of imidazole rings is 1. The number of aromatic nitrogens is 2. The maximum atomic E-state index is 13.1. The number of benzene rings is 2. The number of hydrogen-bond acceptors (Lipinski definition) is 4. The fraction of sp³-hybridized carbons (Fsp3) is 0.304. The summed E-state index contributed by atoms with van der Waals surface area (Å²) in [5, 5.41) is 3.06. The number of carbonyl (C=O) groups excluding carboxylic acids is 1. The van der Waals surface area contributed by atoms with E-state index in [-0.39, 0.29) is 22.0 Å². The largest absolute Gasteiger partial charge is 0.348 e. The second-order valence-electron chi connectivity index (χ2n) is 8.01. The second kappa shape index (κ2) is 9.44. The molecule has 0 unspecified atom stereocenters. The summed E-state index contributed by atoms with van der Waals surface area (Å²) in [6.07, 6.45) is 6.86. The third kappa shape index (κ3) is 4.72. The van der Waals surface area contributed by atoms with Gasteiger partial charge < -0.3 is 9.88 Å². The van der Waals surface area contributed by atoms with Crippen molar-refractivity contribution in [2.45, 2.75) is 31.2 Å². The van der Waals surface area contributed by atoms with Gasteiger partial charge in [-0.1, -0.05) is 36.7 Å². The molecule has 1 N–H and O–H groups in total. The van der Waals surface area contributed by atoms with Crippen molar-refractivity contribution >= 4 is 27.5 Å². The van der Waals surface area contributed by atoms with E-state index in [0.717, 1.165) is 24.1 Å². The van der Waals surface area contributed by atoms with Gasteiger partial charge in [-0.3, -0.25) is 4.79 Å². The van der Waals surface area contributed by atoms with Crippen LogP contribution < -0.4 is 5.32 Å². The maximum absolute atomic E-state index is 13.1. The molecule has 1 aliphatic rings. The zero-order valence-corrected chi connectivity index (χ0v) is 19.3. The highest BCUT2D eigenvalue weighted by Crippen LogP contribution is 2.26. The van der Waals surface area contributed by atoms with Gasteiger partial charge in [0.2, 0.25) is 10.0 Å². The first-order valence-electron chi connectivity index (χ1n) is 10.5. The third-order valence-electron chi connectivity index (χ3n) is 5.78. The van der Waals surface area contributed by atoms with Crippen LogP contribution >= 0.6 is 11.6 Å². The molecule has 1 aromatic heterocycles. The molecule has 1 aliphatic heterocycles. The minimum Gasteiger partial charge on any atom is -0.348 e. The van der Waals surface area contributed by atoms with E-state index in [0.29, 0.717) is 19.0 Å². The van der Waals surface area contributed by atoms with Gasteiger partial charge in [0.1, 0.15) is 0 Å². The smallest absolute Gasteiger partial charge is 0.253 e. The topological polar surface area (TPSA) is 84.3 Å². The van der Waals surface area contributed by atoms with Gasteiger partial charge in [-0.2, -0.15) is 4.31 Å². The van der Waals surface area contributed by atoms with Crippen LogP contribution in [0.1, 0.15) is 35.7 Å². The summed E-state index contributed by atoms with van der Waals surface area (Å²) in [4.78, 5) is 17.1. The van der Waals surface area contributed by atoms with Crippen LogP contribution in [0.5, 0.6) is 0 Å². The molecule has 1 amide bonds. The Labute approximate surface area is 193 Å². The van der Waals surface area contributed by atoms with E-state index < -0.39 is 15.9 Å². The molecule has 168 valence electrons. The average molecular weight is 473 g/mol. The number of hydrogen-bond donors (Lipinski definition) is 1. The molecule has 1 saturated heterocycles. The minimum absolute atomic E-state index is 0.0837. The molecule has 9 heteroatoms. The Kier molecular flexibility index (Phi) is 6.64. The fourth-order valence-corrected chi connectivity index (χ4v) is 5.50. The molecule has 0 saturated carbocycles. The van der Waals surface area contributed by atoms with Crippen LogP contribution in [0.25, 0.3) is 5.69 Å². The van der Waals surface area contributed by atoms with Gasteiger partial charge >= 0.3 is 0 Å². The van der Waals surface area contributed by atoms with Crippen molar-refractivity contribution in [1.29, 1.82) is 0 Å². The number of carbonyl (C=O) groups is 1. The predicted octanol–water partition coefficient (Wildman–Crippen LogP) is 3.88. The van der Waals surface area contributed by atoms with E-state index in [1.54, 1.807) is 12.5 Å². The lowest BCUT2D eigenvalue weighted by atomic mass is 10.0. The van der Waals surface area contributed by atoms with E-state index in [9.17, 15) is 13.2 Å². The molecule has 2 aromatic carbocycles. The van der Waals surface area contributed by atoms with Crippen molar-refractivity contribution in [3.8, 4) is 5.69 Å². The van der Waals surface area contributed by atoms with Crippen LogP contribution in [0.15, 0.2) is 66.1 Å². The summed E-state index contributed by atoms with van der Waals surface area (Å²) < 4.78 is 29.5. The normalized spacial score (nSPS) is 15.6. The van der Waals surface area contributed by atoms with Crippen LogP contribution in [0, 0.1) is 5.92 Å². The Morgan fingerprint density at radius 2 is 1.94 bits per heavy atom. The van der Waals surface area contributed by atoms with Crippen LogP contribution in [0.3, 0.4) is 0 Å². The van der Waals surface area contributed by atoms with E-state index in [1.165, 1.54) is 22.5 Å². The summed E-state index contributed by atoms with van der Waals surface area (Å²) in [5.41, 5.74) is 1.92. The SMILES string of the molecule is CC1CCN(S(=O)(=O)c2ccc(Cl)c(C(=O)NCc3ccccc3-n3ccnc3)c2)CC1. The first-order chi connectivity index (χ1) is 15.4. The lowest BCUT2D eigenvalue weighted by molar-refractivity contribution is 0.0951. The van der Waals surface area contributed by atoms with Gasteiger partial charge in [-0.05, 0) is 48.6 Å². The maximum Gasteiger partial charge on any atom is 0.253 e. The van der Waals surface area contributed by atoms with E-state index in [4.69, 9.17) is 11.6 Å². The van der Waals surface area contributed by atoms with E-state index >= 15 is 0 Å². The summed E-state index contributed by atoms with van der Waals surface area (Å²) in [6, 6.07) is 11.9. The van der Waals surface area contributed by atoms with E-state index in [1.807, 2.05) is 35.0 Å². The standard InChI is InChI=1S/C23H25ClN4O3S/c1-17-8-11-28(12-9-17)32(30,31)19-6-7-21(24)20(14-19)23(29)26-15-18-4-2-3-5-22(18)27-13-10-25-16-27/h2-7,10,13-14,16-17H,8-9,11-12,15H2,1H3,(H,26,29). The van der Waals surface area contributed by atoms with Crippen molar-refractivity contribution in [3.63, 3.8) is 0 Å². The number of nitrogens with zero attached hydrogens (tertiary/aromatic N) is 3. The predicted molar refractivity (Wildman–Crippen MR) is 123 cm³/mol. The Hall–Kier alpha value is -2.68. The van der Waals surface area contributed by atoms with Gasteiger partial charge in [-0.25, -0.2) is 13.4 Å². The molecular formula is C23H25ClN4O3S. The lowest BCUT2D eigenvalue weighted by Crippen LogP contribution is -2.38. The van der Waals surface area contributed by atoms with Gasteiger partial charge in [-0.15, -0.1) is 0 Å². The molecule has 0 spiro atoms. The average Bonchev–Trinajstić information content (AvgIpc) is 3.33. The molecule has 32 heavy (non-hydrogen) atoms. The molecule has 3 aromatic rings. The minimum atomic E-state index is -3.68. The third-order valence-corrected chi connectivity index (χ3v) is 8.00. The Bertz CT molecular complexity index is 1200. The van der Waals surface area contributed by atoms with Crippen molar-refractivity contribution in [3.05, 3.63) is 77.3 Å². The summed E-state index contributed by atoms with van der Waals surface area (Å²) in [6.45, 7) is 3.35. The van der Waals surface area contributed by atoms with Gasteiger partial charge in [0.25, 0.3) is 5.91 Å². The summed E-state index contributed by atoms with van der Waals surface area (Å²) in [5.74, 6) is 0.0814. The highest BCUT2D eigenvalue weighted by Gasteiger charge is 2.29. The number of halogens is 1. The quantitative estimate of drug-likeness (QED) is 0.590. The molecular weight excluding hydrogens is 448 g/mol. The fourth-order valence-electron chi connectivity index (χ4n) is 3.80. The van der Waals surface area contributed by atoms with Gasteiger partial charge in [0.05, 0.1) is 27.5 Å². The van der Waals surface area contributed by atoms with Crippen LogP contribution in [0.2, 0.25) is 5.02 Å². The lowest BCUT2D eigenvalue weighted by Gasteiger charge is -2.29. The van der Waals surface area contributed by atoms with Crippen LogP contribution in [-0.2, 0) is 16.6 Å². The number of piperidine rings is 1. The summed E-state index contributed by atoms with van der Waals surface area (Å²) >= 11 is 6.26. The molecule has 0 radical (unpaired) electrons. The van der Waals surface area contributed by atoms with Gasteiger partial charge in [0.15, 0.2) is 0 Å². The zero-order chi connectivity index (χ0) is 22.7. The molecule has 4 rings (SSSR count). The number of amides is 1. The molecule has 2 heterocycles. The highest BCUT2D eigenvalue weighted by atomic mass is 35.5. The van der Waals surface area contributed by atoms with Crippen molar-refractivity contribution in [1.82, 2.24) is 19.2 Å². The highest BCUT2D eigenvalue weighted by molar-refractivity contribution is 7.89. The van der Waals surface area contributed by atoms with Crippen molar-refractivity contribution in [2.24, 2.45) is 5.92 Å². The Morgan fingerprint density at radius 3 is 2.66 bits per heavy atom. The number of sulfonamides is 1. The van der Waals surface area contributed by atoms with Crippen molar-refractivity contribution in [2.75, 3.05) is 13.1 Å². The van der Waals surface area contributed by atoms with Gasteiger partial charge in [0, 0.05) is 32.0 Å². The van der Waals surface area contributed by atoms with Crippen LogP contribution in [0.4, 0.5) is 0 Å². The van der Waals surface area contributed by atoms with Crippen molar-refractivity contribution < 1.29 is 13.2 Å². The number of nitrogens with one attached hydrogen (secondary N) is 1. The van der Waals surface area contributed by atoms with E-state index in [2.05, 4.69) is 17.2 Å². The first kappa shape index (κ1) is 22.5. The molecule has 0 aliphatic carbocycles. The molecule has 0 bridgehead atoms. The Balaban J connectivity index is 1.53. The van der Waals surface area contributed by atoms with Crippen LogP contribution in [-0.4, -0.2) is 41.3 Å². The summed E-state index contributed by atoms with van der Waals surface area (Å²) in [7, 11) is -3.68. The Morgan fingerprint density at radius 1 is 1.19 bits per heavy atom.